The second-order valence-electron chi connectivity index (χ2n) is 3.78. The highest BCUT2D eigenvalue weighted by atomic mass is 16.5. The van der Waals surface area contributed by atoms with E-state index in [1.807, 2.05) is 0 Å². The number of aliphatic hydroxyl groups excluding tert-OH is 1. The zero-order valence-corrected chi connectivity index (χ0v) is 9.00. The van der Waals surface area contributed by atoms with Crippen molar-refractivity contribution in [1.29, 1.82) is 0 Å². The Morgan fingerprint density at radius 2 is 2.07 bits per heavy atom. The van der Waals surface area contributed by atoms with Crippen LogP contribution in [0.3, 0.4) is 0 Å². The molecule has 3 N–H and O–H groups in total. The van der Waals surface area contributed by atoms with Crippen LogP contribution in [0.15, 0.2) is 0 Å². The summed E-state index contributed by atoms with van der Waals surface area (Å²) in [4.78, 5) is 11.1. The fourth-order valence-corrected chi connectivity index (χ4v) is 1.11. The Morgan fingerprint density at radius 1 is 1.33 bits per heavy atom. The third-order valence-corrected chi connectivity index (χ3v) is 2.20. The molecule has 0 heterocycles. The third-order valence-electron chi connectivity index (χ3n) is 2.20. The van der Waals surface area contributed by atoms with E-state index in [0.717, 1.165) is 12.5 Å². The lowest BCUT2D eigenvalue weighted by molar-refractivity contribution is 0.127. The van der Waals surface area contributed by atoms with Crippen LogP contribution in [0.2, 0.25) is 0 Å². The number of nitrogens with one attached hydrogen (secondary N) is 2. The Bertz CT molecular complexity index is 184. The van der Waals surface area contributed by atoms with Gasteiger partial charge in [-0.3, -0.25) is 0 Å². The Kier molecular flexibility index (Phi) is 6.11. The Hall–Kier alpha value is -0.810. The van der Waals surface area contributed by atoms with E-state index in [1.54, 1.807) is 0 Å². The maximum Gasteiger partial charge on any atom is 0.314 e. The van der Waals surface area contributed by atoms with Crippen molar-refractivity contribution < 1.29 is 14.6 Å². The van der Waals surface area contributed by atoms with Crippen LogP contribution >= 0.6 is 0 Å². The fourth-order valence-electron chi connectivity index (χ4n) is 1.11. The molecule has 0 aromatic heterocycles. The average Bonchev–Trinajstić information content (AvgIpc) is 3.02. The molecular weight excluding hydrogens is 196 g/mol. The summed E-state index contributed by atoms with van der Waals surface area (Å²) in [6.07, 6.45) is 3.16. The van der Waals surface area contributed by atoms with Gasteiger partial charge in [0.25, 0.3) is 0 Å². The summed E-state index contributed by atoms with van der Waals surface area (Å²) in [7, 11) is 0. The molecule has 0 aliphatic heterocycles. The minimum absolute atomic E-state index is 0.102. The predicted octanol–water partition coefficient (Wildman–Crippen LogP) is 0.0946. The van der Waals surface area contributed by atoms with E-state index in [1.165, 1.54) is 12.8 Å². The summed E-state index contributed by atoms with van der Waals surface area (Å²) in [6, 6.07) is -0.196. The second-order valence-corrected chi connectivity index (χ2v) is 3.78. The lowest BCUT2D eigenvalue weighted by atomic mass is 10.4. The first kappa shape index (κ1) is 12.3. The van der Waals surface area contributed by atoms with Crippen LogP contribution < -0.4 is 10.6 Å². The van der Waals surface area contributed by atoms with Crippen molar-refractivity contribution in [2.45, 2.75) is 19.3 Å². The van der Waals surface area contributed by atoms with Crippen LogP contribution in [0.4, 0.5) is 4.79 Å². The number of hydrogen-bond acceptors (Lipinski definition) is 3. The number of carbonyl (C=O) groups excluding carboxylic acids is 1. The summed E-state index contributed by atoms with van der Waals surface area (Å²) < 4.78 is 5.35. The molecule has 0 bridgehead atoms. The lowest BCUT2D eigenvalue weighted by Crippen LogP contribution is -2.38. The van der Waals surface area contributed by atoms with E-state index < -0.39 is 0 Å². The summed E-state index contributed by atoms with van der Waals surface area (Å²) in [6.45, 7) is 2.55. The molecule has 0 radical (unpaired) electrons. The maximum atomic E-state index is 11.1. The van der Waals surface area contributed by atoms with Gasteiger partial charge in [0, 0.05) is 26.3 Å². The number of rotatable bonds is 8. The van der Waals surface area contributed by atoms with E-state index >= 15 is 0 Å². The monoisotopic (exact) mass is 216 g/mol. The average molecular weight is 216 g/mol. The Labute approximate surface area is 90.2 Å². The van der Waals surface area contributed by atoms with E-state index in [9.17, 15) is 4.79 Å². The van der Waals surface area contributed by atoms with Gasteiger partial charge in [0.15, 0.2) is 0 Å². The van der Waals surface area contributed by atoms with E-state index in [-0.39, 0.29) is 12.6 Å². The summed E-state index contributed by atoms with van der Waals surface area (Å²) in [5.74, 6) is 0.767. The molecule has 0 spiro atoms. The molecular formula is C10H20N2O3. The van der Waals surface area contributed by atoms with Gasteiger partial charge in [-0.05, 0) is 25.2 Å². The van der Waals surface area contributed by atoms with Crippen molar-refractivity contribution in [3.63, 3.8) is 0 Å². The first-order chi connectivity index (χ1) is 7.33. The van der Waals surface area contributed by atoms with Gasteiger partial charge < -0.3 is 20.5 Å². The van der Waals surface area contributed by atoms with Gasteiger partial charge in [-0.25, -0.2) is 4.79 Å². The highest BCUT2D eigenvalue weighted by Gasteiger charge is 2.20. The largest absolute Gasteiger partial charge is 0.396 e. The smallest absolute Gasteiger partial charge is 0.314 e. The van der Waals surface area contributed by atoms with Gasteiger partial charge >= 0.3 is 6.03 Å². The number of aliphatic hydroxyl groups is 1. The Morgan fingerprint density at radius 3 is 2.73 bits per heavy atom. The van der Waals surface area contributed by atoms with Crippen molar-refractivity contribution in [2.24, 2.45) is 5.92 Å². The number of amides is 2. The standard InChI is InChI=1S/C10H20N2O3/c13-6-1-4-11-10(14)12-5-7-15-8-9-2-3-9/h9,13H,1-8H2,(H2,11,12,14). The van der Waals surface area contributed by atoms with Gasteiger partial charge in [-0.15, -0.1) is 0 Å². The number of urea groups is 1. The van der Waals surface area contributed by atoms with Crippen molar-refractivity contribution in [3.05, 3.63) is 0 Å². The molecule has 1 aliphatic rings. The summed E-state index contributed by atoms with van der Waals surface area (Å²) >= 11 is 0. The first-order valence-electron chi connectivity index (χ1n) is 5.53. The van der Waals surface area contributed by atoms with Crippen LogP contribution in [0, 0.1) is 5.92 Å². The molecule has 88 valence electrons. The van der Waals surface area contributed by atoms with Crippen molar-refractivity contribution in [3.8, 4) is 0 Å². The lowest BCUT2D eigenvalue weighted by Gasteiger charge is -2.07. The first-order valence-corrected chi connectivity index (χ1v) is 5.53. The van der Waals surface area contributed by atoms with Gasteiger partial charge in [-0.2, -0.15) is 0 Å². The van der Waals surface area contributed by atoms with Crippen molar-refractivity contribution >= 4 is 6.03 Å². The van der Waals surface area contributed by atoms with Crippen molar-refractivity contribution in [1.82, 2.24) is 10.6 Å². The highest BCUT2D eigenvalue weighted by Crippen LogP contribution is 2.28. The highest BCUT2D eigenvalue weighted by molar-refractivity contribution is 5.73. The summed E-state index contributed by atoms with van der Waals surface area (Å²) in [5, 5.41) is 13.8. The molecule has 0 unspecified atom stereocenters. The zero-order valence-electron chi connectivity index (χ0n) is 9.00. The third kappa shape index (κ3) is 7.16. The molecule has 0 saturated heterocycles. The normalized spacial score (nSPS) is 15.0. The van der Waals surface area contributed by atoms with Crippen LogP contribution in [-0.4, -0.2) is 44.0 Å². The SMILES string of the molecule is O=C(NCCCO)NCCOCC1CC1. The van der Waals surface area contributed by atoms with Gasteiger partial charge in [0.05, 0.1) is 6.61 Å². The van der Waals surface area contributed by atoms with Crippen LogP contribution in [0.1, 0.15) is 19.3 Å². The quantitative estimate of drug-likeness (QED) is 0.504. The second kappa shape index (κ2) is 7.48. The minimum atomic E-state index is -0.196. The molecule has 0 aromatic rings. The molecule has 0 atom stereocenters. The maximum absolute atomic E-state index is 11.1. The number of carbonyl (C=O) groups is 1. The molecule has 1 aliphatic carbocycles. The zero-order chi connectivity index (χ0) is 10.9. The van der Waals surface area contributed by atoms with Crippen LogP contribution in [-0.2, 0) is 4.74 Å². The molecule has 1 fully saturated rings. The topological polar surface area (TPSA) is 70.6 Å². The fraction of sp³-hybridized carbons (Fsp3) is 0.900. The molecule has 1 rings (SSSR count). The molecule has 5 nitrogen and oxygen atoms in total. The van der Waals surface area contributed by atoms with E-state index in [4.69, 9.17) is 9.84 Å². The van der Waals surface area contributed by atoms with Crippen molar-refractivity contribution in [2.75, 3.05) is 32.9 Å². The number of ether oxygens (including phenoxy) is 1. The number of hydrogen-bond donors (Lipinski definition) is 3. The van der Waals surface area contributed by atoms with Crippen LogP contribution in [0.25, 0.3) is 0 Å². The van der Waals surface area contributed by atoms with Gasteiger partial charge in [0.2, 0.25) is 0 Å². The van der Waals surface area contributed by atoms with E-state index in [0.29, 0.717) is 26.1 Å². The molecule has 0 aromatic carbocycles. The molecule has 5 heteroatoms. The van der Waals surface area contributed by atoms with Crippen LogP contribution in [0.5, 0.6) is 0 Å². The predicted molar refractivity (Wildman–Crippen MR) is 56.6 cm³/mol. The minimum Gasteiger partial charge on any atom is -0.396 e. The Balaban J connectivity index is 1.78. The van der Waals surface area contributed by atoms with E-state index in [2.05, 4.69) is 10.6 Å². The molecule has 1 saturated carbocycles. The summed E-state index contributed by atoms with van der Waals surface area (Å²) in [5.41, 5.74) is 0. The van der Waals surface area contributed by atoms with Gasteiger partial charge in [-0.1, -0.05) is 0 Å². The molecule has 15 heavy (non-hydrogen) atoms. The van der Waals surface area contributed by atoms with Gasteiger partial charge in [0.1, 0.15) is 0 Å². The molecule has 2 amide bonds.